The number of benzene rings is 2. The lowest BCUT2D eigenvalue weighted by atomic mass is 10.0. The monoisotopic (exact) mass is 283 g/mol. The van der Waals surface area contributed by atoms with Crippen LogP contribution >= 0.6 is 0 Å². The quantitative estimate of drug-likeness (QED) is 0.658. The number of para-hydroxylation sites is 1. The number of fused-ring (bicyclic) bond motifs is 1. The third kappa shape index (κ3) is 2.29. The maximum absolute atomic E-state index is 13.3. The second-order valence-electron chi connectivity index (χ2n) is 4.58. The number of carbonyl (C=O) groups is 2. The highest BCUT2D eigenvalue weighted by Gasteiger charge is 2.25. The number of phenolic OH excluding ortho intramolecular Hbond substituents is 1. The van der Waals surface area contributed by atoms with E-state index in [4.69, 9.17) is 0 Å². The number of carbonyl (C=O) groups excluding carboxylic acids is 2. The van der Waals surface area contributed by atoms with Crippen molar-refractivity contribution in [2.75, 3.05) is 5.32 Å². The third-order valence-electron chi connectivity index (χ3n) is 3.21. The first kappa shape index (κ1) is 13.1. The molecule has 0 aliphatic carbocycles. The predicted octanol–water partition coefficient (Wildman–Crippen LogP) is 2.75. The number of rotatable bonds is 2. The van der Waals surface area contributed by atoms with Crippen LogP contribution in [0.3, 0.4) is 0 Å². The van der Waals surface area contributed by atoms with Crippen molar-refractivity contribution in [1.29, 1.82) is 0 Å². The number of anilines is 1. The van der Waals surface area contributed by atoms with Gasteiger partial charge in [0.1, 0.15) is 11.6 Å². The number of ketones is 1. The molecule has 3 rings (SSSR count). The smallest absolute Gasteiger partial charge is 0.256 e. The van der Waals surface area contributed by atoms with Crippen LogP contribution in [0.4, 0.5) is 10.1 Å². The molecule has 0 bridgehead atoms. The van der Waals surface area contributed by atoms with E-state index in [1.807, 2.05) is 0 Å². The van der Waals surface area contributed by atoms with Crippen molar-refractivity contribution in [3.05, 3.63) is 65.5 Å². The van der Waals surface area contributed by atoms with Crippen molar-refractivity contribution < 1.29 is 19.1 Å². The van der Waals surface area contributed by atoms with Crippen LogP contribution in [-0.4, -0.2) is 16.8 Å². The Labute approximate surface area is 119 Å². The summed E-state index contributed by atoms with van der Waals surface area (Å²) in [5.41, 5.74) is 0.960. The highest BCUT2D eigenvalue weighted by Crippen LogP contribution is 2.32. The largest absolute Gasteiger partial charge is 0.507 e. The van der Waals surface area contributed by atoms with Gasteiger partial charge in [-0.1, -0.05) is 12.1 Å². The molecule has 0 radical (unpaired) electrons. The lowest BCUT2D eigenvalue weighted by Crippen LogP contribution is -2.06. The van der Waals surface area contributed by atoms with E-state index >= 15 is 0 Å². The summed E-state index contributed by atoms with van der Waals surface area (Å²) in [7, 11) is 0. The summed E-state index contributed by atoms with van der Waals surface area (Å²) in [5, 5.41) is 12.2. The van der Waals surface area contributed by atoms with E-state index in [0.717, 1.165) is 6.08 Å². The standard InChI is InChI=1S/C16H10FNO3/c17-9-5-6-13-11(7-9)12(16(21)18-13)8-15(20)10-3-1-2-4-14(10)19/h1-8,19H,(H,18,21)/b12-8+. The number of aromatic hydroxyl groups is 1. The van der Waals surface area contributed by atoms with Gasteiger partial charge in [0.2, 0.25) is 0 Å². The van der Waals surface area contributed by atoms with E-state index in [2.05, 4.69) is 5.32 Å². The fourth-order valence-corrected chi connectivity index (χ4v) is 2.19. The number of allylic oxidation sites excluding steroid dienone is 1. The summed E-state index contributed by atoms with van der Waals surface area (Å²) in [5.74, 6) is -1.65. The first-order valence-electron chi connectivity index (χ1n) is 6.21. The number of hydrogen-bond donors (Lipinski definition) is 2. The van der Waals surface area contributed by atoms with Crippen LogP contribution in [0.2, 0.25) is 0 Å². The Hall–Kier alpha value is -2.95. The van der Waals surface area contributed by atoms with Crippen LogP contribution in [0.5, 0.6) is 5.75 Å². The Morgan fingerprint density at radius 2 is 1.95 bits per heavy atom. The second-order valence-corrected chi connectivity index (χ2v) is 4.58. The molecule has 21 heavy (non-hydrogen) atoms. The number of nitrogens with one attached hydrogen (secondary N) is 1. The molecular formula is C16H10FNO3. The molecule has 2 aromatic carbocycles. The molecule has 1 aliphatic heterocycles. The van der Waals surface area contributed by atoms with E-state index in [0.29, 0.717) is 11.3 Å². The summed E-state index contributed by atoms with van der Waals surface area (Å²) in [4.78, 5) is 24.0. The van der Waals surface area contributed by atoms with Gasteiger partial charge in [-0.3, -0.25) is 9.59 Å². The van der Waals surface area contributed by atoms with Crippen LogP contribution in [0.25, 0.3) is 5.57 Å². The second kappa shape index (κ2) is 4.86. The van der Waals surface area contributed by atoms with Crippen molar-refractivity contribution in [2.24, 2.45) is 0 Å². The van der Waals surface area contributed by atoms with Gasteiger partial charge in [-0.05, 0) is 36.4 Å². The lowest BCUT2D eigenvalue weighted by molar-refractivity contribution is -0.110. The zero-order valence-electron chi connectivity index (χ0n) is 10.8. The van der Waals surface area contributed by atoms with Gasteiger partial charge in [-0.25, -0.2) is 4.39 Å². The van der Waals surface area contributed by atoms with E-state index in [-0.39, 0.29) is 16.9 Å². The molecule has 0 aromatic heterocycles. The maximum Gasteiger partial charge on any atom is 0.256 e. The minimum atomic E-state index is -0.518. The van der Waals surface area contributed by atoms with Crippen LogP contribution in [0, 0.1) is 5.82 Å². The molecule has 0 saturated carbocycles. The van der Waals surface area contributed by atoms with Crippen LogP contribution in [-0.2, 0) is 4.79 Å². The van der Waals surface area contributed by atoms with Crippen molar-refractivity contribution in [1.82, 2.24) is 0 Å². The molecule has 5 heteroatoms. The SMILES string of the molecule is O=C1Nc2ccc(F)cc2/C1=C\C(=O)c1ccccc1O. The first-order valence-corrected chi connectivity index (χ1v) is 6.21. The Bertz CT molecular complexity index is 796. The van der Waals surface area contributed by atoms with Gasteiger partial charge in [-0.15, -0.1) is 0 Å². The fraction of sp³-hybridized carbons (Fsp3) is 0. The Balaban J connectivity index is 2.05. The fourth-order valence-electron chi connectivity index (χ4n) is 2.19. The van der Waals surface area contributed by atoms with Crippen molar-refractivity contribution in [3.8, 4) is 5.75 Å². The molecule has 0 spiro atoms. The topological polar surface area (TPSA) is 66.4 Å². The first-order chi connectivity index (χ1) is 10.1. The lowest BCUT2D eigenvalue weighted by Gasteiger charge is -2.01. The molecule has 0 fully saturated rings. The van der Waals surface area contributed by atoms with E-state index in [1.54, 1.807) is 12.1 Å². The van der Waals surface area contributed by atoms with E-state index in [9.17, 15) is 19.1 Å². The van der Waals surface area contributed by atoms with Gasteiger partial charge in [0.15, 0.2) is 5.78 Å². The normalized spacial score (nSPS) is 14.9. The zero-order valence-corrected chi connectivity index (χ0v) is 10.8. The summed E-state index contributed by atoms with van der Waals surface area (Å²) in [6.45, 7) is 0. The molecule has 0 atom stereocenters. The van der Waals surface area contributed by atoms with Crippen LogP contribution in [0.15, 0.2) is 48.5 Å². The maximum atomic E-state index is 13.3. The summed E-state index contributed by atoms with van der Waals surface area (Å²) in [6, 6.07) is 9.89. The minimum Gasteiger partial charge on any atom is -0.507 e. The van der Waals surface area contributed by atoms with Crippen LogP contribution < -0.4 is 5.32 Å². The highest BCUT2D eigenvalue weighted by molar-refractivity contribution is 6.35. The average molecular weight is 283 g/mol. The van der Waals surface area contributed by atoms with Gasteiger partial charge in [0, 0.05) is 11.3 Å². The molecule has 0 saturated heterocycles. The van der Waals surface area contributed by atoms with Gasteiger partial charge in [0.25, 0.3) is 5.91 Å². The molecule has 1 amide bonds. The predicted molar refractivity (Wildman–Crippen MR) is 75.4 cm³/mol. The molecule has 104 valence electrons. The Morgan fingerprint density at radius 1 is 1.19 bits per heavy atom. The molecule has 2 aromatic rings. The number of phenols is 1. The minimum absolute atomic E-state index is 0.0813. The number of hydrogen-bond acceptors (Lipinski definition) is 3. The molecular weight excluding hydrogens is 273 g/mol. The third-order valence-corrected chi connectivity index (χ3v) is 3.21. The van der Waals surface area contributed by atoms with Gasteiger partial charge in [-0.2, -0.15) is 0 Å². The van der Waals surface area contributed by atoms with E-state index < -0.39 is 17.5 Å². The molecule has 4 nitrogen and oxygen atoms in total. The van der Waals surface area contributed by atoms with Crippen molar-refractivity contribution in [3.63, 3.8) is 0 Å². The summed E-state index contributed by atoms with van der Waals surface area (Å²) < 4.78 is 13.3. The highest BCUT2D eigenvalue weighted by atomic mass is 19.1. The molecule has 1 aliphatic rings. The number of amides is 1. The Morgan fingerprint density at radius 3 is 2.71 bits per heavy atom. The van der Waals surface area contributed by atoms with Crippen molar-refractivity contribution >= 4 is 23.0 Å². The summed E-state index contributed by atoms with van der Waals surface area (Å²) in [6.07, 6.45) is 1.11. The average Bonchev–Trinajstić information content (AvgIpc) is 2.75. The number of halogens is 1. The zero-order chi connectivity index (χ0) is 15.0. The van der Waals surface area contributed by atoms with Gasteiger partial charge >= 0.3 is 0 Å². The van der Waals surface area contributed by atoms with Gasteiger partial charge in [0.05, 0.1) is 11.1 Å². The van der Waals surface area contributed by atoms with Gasteiger partial charge < -0.3 is 10.4 Å². The van der Waals surface area contributed by atoms with E-state index in [1.165, 1.54) is 30.3 Å². The van der Waals surface area contributed by atoms with Crippen LogP contribution in [0.1, 0.15) is 15.9 Å². The summed E-state index contributed by atoms with van der Waals surface area (Å²) >= 11 is 0. The Kier molecular flexibility index (Phi) is 3.02. The molecule has 2 N–H and O–H groups in total. The molecule has 1 heterocycles. The molecule has 0 unspecified atom stereocenters. The van der Waals surface area contributed by atoms with Crippen molar-refractivity contribution in [2.45, 2.75) is 0 Å².